The number of pyridine rings is 1. The lowest BCUT2D eigenvalue weighted by atomic mass is 10.0. The Morgan fingerprint density at radius 1 is 1.09 bits per heavy atom. The minimum absolute atomic E-state index is 0.166. The van der Waals surface area contributed by atoms with Crippen molar-refractivity contribution in [2.24, 2.45) is 5.14 Å². The molecule has 0 bridgehead atoms. The van der Waals surface area contributed by atoms with Crippen molar-refractivity contribution in [3.05, 3.63) is 59.4 Å². The Morgan fingerprint density at radius 3 is 2.32 bits per heavy atom. The highest BCUT2D eigenvalue weighted by atomic mass is 32.2. The first-order chi connectivity index (χ1) is 10.4. The summed E-state index contributed by atoms with van der Waals surface area (Å²) in [6, 6.07) is 11.2. The maximum atomic E-state index is 11.3. The predicted molar refractivity (Wildman–Crippen MR) is 86.2 cm³/mol. The lowest BCUT2D eigenvalue weighted by Crippen LogP contribution is -2.11. The van der Waals surface area contributed by atoms with E-state index in [4.69, 9.17) is 5.14 Å². The number of nitrogens with zero attached hydrogens (tertiary/aromatic N) is 1. The second-order valence-electron chi connectivity index (χ2n) is 6.23. The van der Waals surface area contributed by atoms with Crippen molar-refractivity contribution in [2.45, 2.75) is 42.9 Å². The van der Waals surface area contributed by atoms with E-state index in [2.05, 4.69) is 31.0 Å². The van der Waals surface area contributed by atoms with E-state index in [0.29, 0.717) is 17.8 Å². The van der Waals surface area contributed by atoms with Crippen LogP contribution in [0.3, 0.4) is 0 Å². The average molecular weight is 316 g/mol. The summed E-state index contributed by atoms with van der Waals surface area (Å²) in [4.78, 5) is 4.57. The summed E-state index contributed by atoms with van der Waals surface area (Å²) in [5.41, 5.74) is 3.60. The van der Waals surface area contributed by atoms with Crippen LogP contribution in [0.2, 0.25) is 0 Å². The third-order valence-corrected chi connectivity index (χ3v) is 5.18. The first kappa shape index (κ1) is 15.2. The van der Waals surface area contributed by atoms with E-state index >= 15 is 0 Å². The Bertz CT molecular complexity index is 783. The zero-order valence-electron chi connectivity index (χ0n) is 12.7. The molecule has 1 fully saturated rings. The molecule has 22 heavy (non-hydrogen) atoms. The summed E-state index contributed by atoms with van der Waals surface area (Å²) >= 11 is 0. The minimum atomic E-state index is -3.61. The largest absolute Gasteiger partial charge is 0.261 e. The molecule has 1 heterocycles. The number of rotatable bonds is 4. The van der Waals surface area contributed by atoms with Crippen LogP contribution < -0.4 is 5.14 Å². The molecule has 0 aliphatic heterocycles. The molecule has 1 aromatic carbocycles. The van der Waals surface area contributed by atoms with Crippen molar-refractivity contribution in [1.82, 2.24) is 4.98 Å². The fourth-order valence-electron chi connectivity index (χ4n) is 2.85. The summed E-state index contributed by atoms with van der Waals surface area (Å²) in [6.07, 6.45) is 2.97. The summed E-state index contributed by atoms with van der Waals surface area (Å²) in [6.45, 7) is 4.28. The molecular weight excluding hydrogens is 296 g/mol. The number of benzene rings is 1. The van der Waals surface area contributed by atoms with Crippen LogP contribution in [0.1, 0.15) is 54.8 Å². The molecule has 1 saturated carbocycles. The summed E-state index contributed by atoms with van der Waals surface area (Å²) in [5, 5.41) is 5.13. The molecule has 0 radical (unpaired) electrons. The van der Waals surface area contributed by atoms with Gasteiger partial charge < -0.3 is 0 Å². The van der Waals surface area contributed by atoms with Gasteiger partial charge in [0, 0.05) is 11.9 Å². The van der Waals surface area contributed by atoms with Gasteiger partial charge in [-0.05, 0) is 59.6 Å². The van der Waals surface area contributed by atoms with Gasteiger partial charge >= 0.3 is 0 Å². The van der Waals surface area contributed by atoms with Gasteiger partial charge in [-0.2, -0.15) is 0 Å². The second-order valence-corrected chi connectivity index (χ2v) is 7.79. The monoisotopic (exact) mass is 316 g/mol. The van der Waals surface area contributed by atoms with E-state index in [1.807, 2.05) is 18.3 Å². The molecule has 2 N–H and O–H groups in total. The molecule has 1 aromatic heterocycles. The smallest absolute Gasteiger partial charge is 0.238 e. The molecule has 2 atom stereocenters. The van der Waals surface area contributed by atoms with Gasteiger partial charge in [0.1, 0.15) is 0 Å². The third kappa shape index (κ3) is 3.05. The first-order valence-corrected chi connectivity index (χ1v) is 8.99. The lowest BCUT2D eigenvalue weighted by molar-refractivity contribution is 0.598. The predicted octanol–water partition coefficient (Wildman–Crippen LogP) is 3.12. The van der Waals surface area contributed by atoms with E-state index in [1.165, 1.54) is 11.1 Å². The van der Waals surface area contributed by atoms with Gasteiger partial charge in [-0.3, -0.25) is 4.98 Å². The summed E-state index contributed by atoms with van der Waals surface area (Å²) in [7, 11) is -3.61. The van der Waals surface area contributed by atoms with Crippen LogP contribution in [0.4, 0.5) is 0 Å². The van der Waals surface area contributed by atoms with Gasteiger partial charge in [-0.25, -0.2) is 13.6 Å². The molecule has 4 nitrogen and oxygen atoms in total. The number of aromatic nitrogens is 1. The van der Waals surface area contributed by atoms with Crippen molar-refractivity contribution in [3.63, 3.8) is 0 Å². The van der Waals surface area contributed by atoms with Gasteiger partial charge in [0.25, 0.3) is 0 Å². The van der Waals surface area contributed by atoms with Crippen molar-refractivity contribution in [2.75, 3.05) is 0 Å². The molecule has 116 valence electrons. The van der Waals surface area contributed by atoms with Crippen LogP contribution in [0, 0.1) is 0 Å². The first-order valence-electron chi connectivity index (χ1n) is 7.45. The Morgan fingerprint density at radius 2 is 1.73 bits per heavy atom. The normalized spacial score (nSPS) is 21.1. The molecule has 3 rings (SSSR count). The Labute approximate surface area is 131 Å². The zero-order chi connectivity index (χ0) is 15.9. The molecule has 2 aromatic rings. The molecule has 5 heteroatoms. The highest BCUT2D eigenvalue weighted by Gasteiger charge is 2.39. The molecule has 0 amide bonds. The minimum Gasteiger partial charge on any atom is -0.261 e. The molecule has 1 aliphatic carbocycles. The van der Waals surface area contributed by atoms with Crippen LogP contribution in [0.5, 0.6) is 0 Å². The van der Waals surface area contributed by atoms with E-state index < -0.39 is 10.0 Å². The van der Waals surface area contributed by atoms with Crippen molar-refractivity contribution in [3.8, 4) is 0 Å². The maximum absolute atomic E-state index is 11.3. The van der Waals surface area contributed by atoms with Gasteiger partial charge in [-0.1, -0.05) is 26.0 Å². The zero-order valence-corrected chi connectivity index (χ0v) is 13.5. The van der Waals surface area contributed by atoms with Crippen LogP contribution in [0.25, 0.3) is 0 Å². The van der Waals surface area contributed by atoms with Crippen LogP contribution >= 0.6 is 0 Å². The van der Waals surface area contributed by atoms with E-state index in [1.54, 1.807) is 12.1 Å². The molecule has 1 aliphatic rings. The van der Waals surface area contributed by atoms with E-state index in [-0.39, 0.29) is 4.90 Å². The molecule has 0 unspecified atom stereocenters. The lowest BCUT2D eigenvalue weighted by Gasteiger charge is -2.07. The Balaban J connectivity index is 1.78. The second kappa shape index (κ2) is 5.48. The van der Waals surface area contributed by atoms with Gasteiger partial charge in [0.15, 0.2) is 0 Å². The molecular formula is C17H20N2O2S. The van der Waals surface area contributed by atoms with Crippen molar-refractivity contribution in [1.29, 1.82) is 0 Å². The van der Waals surface area contributed by atoms with E-state index in [9.17, 15) is 8.42 Å². The number of primary sulfonamides is 1. The van der Waals surface area contributed by atoms with Gasteiger partial charge in [0.05, 0.1) is 4.90 Å². The number of hydrogen-bond acceptors (Lipinski definition) is 3. The van der Waals surface area contributed by atoms with Crippen LogP contribution in [-0.2, 0) is 10.0 Å². The Kier molecular flexibility index (Phi) is 3.78. The standard InChI is InChI=1S/C17H20N2O2S/c1-11(2)17-9-13(7-8-19-17)16-10-15(16)12-3-5-14(6-4-12)22(18,20)21/h3-9,11,15-16H,10H2,1-2H3,(H2,18,20,21)/t15-,16-/m0/s1. The third-order valence-electron chi connectivity index (χ3n) is 4.25. The number of nitrogens with two attached hydrogens (primary N) is 1. The highest BCUT2D eigenvalue weighted by Crippen LogP contribution is 2.54. The molecule has 0 spiro atoms. The SMILES string of the molecule is CC(C)c1cc([C@@H]2C[C@H]2c2ccc(S(N)(=O)=O)cc2)ccn1. The highest BCUT2D eigenvalue weighted by molar-refractivity contribution is 7.89. The fourth-order valence-corrected chi connectivity index (χ4v) is 3.36. The molecule has 0 saturated heterocycles. The number of hydrogen-bond donors (Lipinski definition) is 1. The average Bonchev–Trinajstić information content (AvgIpc) is 3.27. The van der Waals surface area contributed by atoms with Gasteiger partial charge in [0.2, 0.25) is 10.0 Å². The fraction of sp³-hybridized carbons (Fsp3) is 0.353. The van der Waals surface area contributed by atoms with Crippen LogP contribution in [-0.4, -0.2) is 13.4 Å². The van der Waals surface area contributed by atoms with Crippen molar-refractivity contribution >= 4 is 10.0 Å². The topological polar surface area (TPSA) is 73.1 Å². The summed E-state index contributed by atoms with van der Waals surface area (Å²) < 4.78 is 22.6. The van der Waals surface area contributed by atoms with Crippen LogP contribution in [0.15, 0.2) is 47.5 Å². The van der Waals surface area contributed by atoms with Crippen molar-refractivity contribution < 1.29 is 8.42 Å². The summed E-state index contributed by atoms with van der Waals surface area (Å²) in [5.74, 6) is 1.38. The Hall–Kier alpha value is -1.72. The maximum Gasteiger partial charge on any atom is 0.238 e. The quantitative estimate of drug-likeness (QED) is 0.942. The van der Waals surface area contributed by atoms with E-state index in [0.717, 1.165) is 12.1 Å². The van der Waals surface area contributed by atoms with Gasteiger partial charge in [-0.15, -0.1) is 0 Å². The number of sulfonamides is 1.